The summed E-state index contributed by atoms with van der Waals surface area (Å²) in [4.78, 5) is 15.2. The smallest absolute Gasteiger partial charge is 0.228 e. The van der Waals surface area contributed by atoms with E-state index in [4.69, 9.17) is 19.3 Å². The van der Waals surface area contributed by atoms with Gasteiger partial charge in [-0.1, -0.05) is 71.9 Å². The van der Waals surface area contributed by atoms with E-state index in [1.54, 1.807) is 18.0 Å². The average Bonchev–Trinajstić information content (AvgIpc) is 3.43. The third-order valence-electron chi connectivity index (χ3n) is 7.18. The van der Waals surface area contributed by atoms with Crippen LogP contribution >= 0.6 is 0 Å². The maximum atomic E-state index is 6.48. The van der Waals surface area contributed by atoms with Crippen LogP contribution in [-0.4, -0.2) is 32.4 Å². The van der Waals surface area contributed by atoms with Crippen molar-refractivity contribution in [2.24, 2.45) is 5.16 Å². The van der Waals surface area contributed by atoms with Gasteiger partial charge in [0.05, 0.1) is 18.4 Å². The third-order valence-corrected chi connectivity index (χ3v) is 7.18. The molecule has 6 aromatic rings. The van der Waals surface area contributed by atoms with Crippen LogP contribution in [0.1, 0.15) is 40.9 Å². The Morgan fingerprint density at radius 2 is 1.75 bits per heavy atom. The lowest BCUT2D eigenvalue weighted by molar-refractivity contribution is 0.125. The minimum atomic E-state index is -0.130. The Hall–Kier alpha value is -5.24. The monoisotopic (exact) mass is 527 g/mol. The largest absolute Gasteiger partial charge is 0.497 e. The highest BCUT2D eigenvalue weighted by Gasteiger charge is 2.34. The molecule has 4 aromatic carbocycles. The topological polar surface area (TPSA) is 83.1 Å². The van der Waals surface area contributed by atoms with Gasteiger partial charge in [0.1, 0.15) is 17.8 Å². The molecule has 1 aliphatic rings. The lowest BCUT2D eigenvalue weighted by Gasteiger charge is -2.28. The molecule has 0 N–H and O–H groups in total. The van der Waals surface area contributed by atoms with E-state index in [0.29, 0.717) is 17.4 Å². The van der Waals surface area contributed by atoms with Crippen LogP contribution in [0.2, 0.25) is 0 Å². The summed E-state index contributed by atoms with van der Waals surface area (Å²) in [7, 11) is 1.64. The Morgan fingerprint density at radius 3 is 2.58 bits per heavy atom. The second kappa shape index (κ2) is 9.81. The molecule has 0 saturated heterocycles. The summed E-state index contributed by atoms with van der Waals surface area (Å²) >= 11 is 0. The van der Waals surface area contributed by atoms with Gasteiger partial charge in [-0.3, -0.25) is 0 Å². The third kappa shape index (κ3) is 4.10. The molecule has 2 aromatic heterocycles. The predicted molar refractivity (Wildman–Crippen MR) is 152 cm³/mol. The van der Waals surface area contributed by atoms with Gasteiger partial charge in [-0.25, -0.2) is 14.5 Å². The van der Waals surface area contributed by atoms with E-state index in [1.807, 2.05) is 61.5 Å². The number of benzene rings is 4. The summed E-state index contributed by atoms with van der Waals surface area (Å²) in [5, 5.41) is 11.1. The zero-order chi connectivity index (χ0) is 27.1. The van der Waals surface area contributed by atoms with Crippen molar-refractivity contribution in [1.82, 2.24) is 19.6 Å². The number of methoxy groups -OCH3 is 1. The second-order valence-corrected chi connectivity index (χ2v) is 9.59. The quantitative estimate of drug-likeness (QED) is 0.181. The Labute approximate surface area is 230 Å². The summed E-state index contributed by atoms with van der Waals surface area (Å²) < 4.78 is 13.4. The second-order valence-electron chi connectivity index (χ2n) is 9.59. The Morgan fingerprint density at radius 1 is 0.950 bits per heavy atom. The molecule has 8 nitrogen and oxygen atoms in total. The first-order valence-electron chi connectivity index (χ1n) is 13.0. The highest BCUT2D eigenvalue weighted by molar-refractivity contribution is 5.98. The minimum absolute atomic E-state index is 0.113. The van der Waals surface area contributed by atoms with Gasteiger partial charge in [0.15, 0.2) is 18.1 Å². The molecule has 8 heteroatoms. The molecular weight excluding hydrogens is 502 g/mol. The van der Waals surface area contributed by atoms with E-state index in [2.05, 4.69) is 51.6 Å². The van der Waals surface area contributed by atoms with Gasteiger partial charge in [-0.05, 0) is 47.7 Å². The molecule has 0 radical (unpaired) electrons. The molecule has 0 unspecified atom stereocenters. The number of oxime groups is 1. The molecule has 0 amide bonds. The summed E-state index contributed by atoms with van der Waals surface area (Å²) in [5.41, 5.74) is 5.41. The van der Waals surface area contributed by atoms with Crippen LogP contribution < -0.4 is 9.47 Å². The zero-order valence-corrected chi connectivity index (χ0v) is 22.0. The summed E-state index contributed by atoms with van der Waals surface area (Å²) in [5.74, 6) is 2.50. The lowest BCUT2D eigenvalue weighted by atomic mass is 9.83. The van der Waals surface area contributed by atoms with Crippen LogP contribution in [0.15, 0.2) is 102 Å². The van der Waals surface area contributed by atoms with E-state index in [0.717, 1.165) is 50.2 Å². The predicted octanol–water partition coefficient (Wildman–Crippen LogP) is 6.51. The molecule has 3 heterocycles. The zero-order valence-electron chi connectivity index (χ0n) is 22.0. The lowest BCUT2D eigenvalue weighted by Crippen LogP contribution is -2.15. The highest BCUT2D eigenvalue weighted by Crippen LogP contribution is 2.50. The van der Waals surface area contributed by atoms with Crippen molar-refractivity contribution >= 4 is 22.1 Å². The van der Waals surface area contributed by atoms with E-state index in [9.17, 15) is 0 Å². The molecule has 0 saturated carbocycles. The fourth-order valence-electron chi connectivity index (χ4n) is 5.22. The van der Waals surface area contributed by atoms with Crippen LogP contribution in [0, 0.1) is 0 Å². The molecule has 0 fully saturated rings. The molecule has 40 heavy (non-hydrogen) atoms. The van der Waals surface area contributed by atoms with Gasteiger partial charge >= 0.3 is 0 Å². The molecule has 196 valence electrons. The van der Waals surface area contributed by atoms with E-state index >= 15 is 0 Å². The molecular formula is C32H25N5O3. The summed E-state index contributed by atoms with van der Waals surface area (Å²) in [6.07, 6.45) is 1.63. The van der Waals surface area contributed by atoms with Crippen LogP contribution in [0.25, 0.3) is 16.4 Å². The Kier molecular flexibility index (Phi) is 5.85. The molecule has 1 atom stereocenters. The minimum Gasteiger partial charge on any atom is -0.497 e. The number of nitrogens with zero attached hydrogens (tertiary/aromatic N) is 5. The number of hydrogen-bond acceptors (Lipinski definition) is 7. The Bertz CT molecular complexity index is 1880. The number of aromatic nitrogens is 4. The SMILES string of the molecule is COc1ccc(/C(C)=N/OCc2nc3c4c(ncn3n2)Oc2c(ccc3ccccc23)[C@@H]4c2ccccc2)cc1. The Balaban J connectivity index is 1.26. The molecule has 0 spiro atoms. The van der Waals surface area contributed by atoms with Crippen LogP contribution in [0.5, 0.6) is 17.4 Å². The number of hydrogen-bond donors (Lipinski definition) is 0. The maximum absolute atomic E-state index is 6.48. The van der Waals surface area contributed by atoms with Crippen molar-refractivity contribution in [3.05, 3.63) is 125 Å². The van der Waals surface area contributed by atoms with Crippen molar-refractivity contribution in [3.8, 4) is 17.4 Å². The van der Waals surface area contributed by atoms with Crippen LogP contribution in [-0.2, 0) is 11.4 Å². The van der Waals surface area contributed by atoms with Gasteiger partial charge in [0.25, 0.3) is 0 Å². The normalized spacial score (nSPS) is 14.4. The summed E-state index contributed by atoms with van der Waals surface area (Å²) in [6, 6.07) is 30.5. The van der Waals surface area contributed by atoms with Gasteiger partial charge in [-0.15, -0.1) is 5.10 Å². The van der Waals surface area contributed by atoms with E-state index in [1.165, 1.54) is 0 Å². The van der Waals surface area contributed by atoms with Crippen molar-refractivity contribution in [2.45, 2.75) is 19.4 Å². The fraction of sp³-hybridized carbons (Fsp3) is 0.125. The van der Waals surface area contributed by atoms with Crippen LogP contribution in [0.4, 0.5) is 0 Å². The van der Waals surface area contributed by atoms with Crippen LogP contribution in [0.3, 0.4) is 0 Å². The average molecular weight is 528 g/mol. The van der Waals surface area contributed by atoms with Crippen molar-refractivity contribution in [2.75, 3.05) is 7.11 Å². The van der Waals surface area contributed by atoms with Gasteiger partial charge in [0, 0.05) is 16.9 Å². The fourth-order valence-corrected chi connectivity index (χ4v) is 5.22. The maximum Gasteiger partial charge on any atom is 0.228 e. The number of ether oxygens (including phenoxy) is 2. The van der Waals surface area contributed by atoms with Crippen molar-refractivity contribution < 1.29 is 14.3 Å². The highest BCUT2D eigenvalue weighted by atomic mass is 16.6. The standard InChI is InChI=1S/C32H25N5O3/c1-20(21-12-15-24(38-2)16-13-21)36-39-18-27-34-31-29-28(23-9-4-3-5-10-23)26-17-14-22-8-6-7-11-25(22)30(26)40-32(29)33-19-37(31)35-27/h3-17,19,28H,18H2,1-2H3/b36-20+/t28-/m0/s1. The van der Waals surface area contributed by atoms with E-state index in [-0.39, 0.29) is 12.5 Å². The molecule has 1 aliphatic heterocycles. The van der Waals surface area contributed by atoms with E-state index < -0.39 is 0 Å². The van der Waals surface area contributed by atoms with Gasteiger partial charge in [0.2, 0.25) is 5.88 Å². The molecule has 7 rings (SSSR count). The first-order chi connectivity index (χ1) is 19.7. The van der Waals surface area contributed by atoms with Crippen molar-refractivity contribution in [1.29, 1.82) is 0 Å². The first-order valence-corrected chi connectivity index (χ1v) is 13.0. The number of rotatable bonds is 6. The first kappa shape index (κ1) is 23.8. The molecule has 0 bridgehead atoms. The van der Waals surface area contributed by atoms with Gasteiger partial charge in [-0.2, -0.15) is 0 Å². The van der Waals surface area contributed by atoms with Crippen molar-refractivity contribution in [3.63, 3.8) is 0 Å². The summed E-state index contributed by atoms with van der Waals surface area (Å²) in [6.45, 7) is 2.00. The molecule has 0 aliphatic carbocycles. The van der Waals surface area contributed by atoms with Gasteiger partial charge < -0.3 is 14.3 Å². The number of fused-ring (bicyclic) bond motifs is 6.